The Morgan fingerprint density at radius 1 is 1.80 bits per heavy atom. The highest BCUT2D eigenvalue weighted by Gasteiger charge is 2.42. The van der Waals surface area contributed by atoms with Crippen molar-refractivity contribution in [2.45, 2.75) is 13.8 Å². The van der Waals surface area contributed by atoms with Crippen molar-refractivity contribution in [3.63, 3.8) is 0 Å². The zero-order valence-corrected chi connectivity index (χ0v) is 7.20. The van der Waals surface area contributed by atoms with Gasteiger partial charge in [0, 0.05) is 5.92 Å². The summed E-state index contributed by atoms with van der Waals surface area (Å²) in [4.78, 5) is 0. The SMILES string of the molecule is C#CC1(C)C[S+]([O-])CC1C. The van der Waals surface area contributed by atoms with Crippen LogP contribution in [-0.4, -0.2) is 16.1 Å². The molecule has 1 rings (SSSR count). The van der Waals surface area contributed by atoms with Gasteiger partial charge in [0.1, 0.15) is 11.5 Å². The molecule has 2 heteroatoms. The van der Waals surface area contributed by atoms with Crippen molar-refractivity contribution in [2.75, 3.05) is 11.5 Å². The highest BCUT2D eigenvalue weighted by molar-refractivity contribution is 7.91. The van der Waals surface area contributed by atoms with E-state index in [-0.39, 0.29) is 5.41 Å². The smallest absolute Gasteiger partial charge is 0.122 e. The topological polar surface area (TPSA) is 23.1 Å². The summed E-state index contributed by atoms with van der Waals surface area (Å²) >= 11 is -0.665. The van der Waals surface area contributed by atoms with Gasteiger partial charge in [-0.15, -0.1) is 6.42 Å². The van der Waals surface area contributed by atoms with Crippen molar-refractivity contribution in [3.8, 4) is 12.3 Å². The summed E-state index contributed by atoms with van der Waals surface area (Å²) in [5.74, 6) is 4.61. The average molecular weight is 156 g/mol. The van der Waals surface area contributed by atoms with Crippen molar-refractivity contribution in [3.05, 3.63) is 0 Å². The molecule has 56 valence electrons. The summed E-state index contributed by atoms with van der Waals surface area (Å²) in [5, 5.41) is 0. The highest BCUT2D eigenvalue weighted by Crippen LogP contribution is 2.35. The van der Waals surface area contributed by atoms with Crippen molar-refractivity contribution in [1.29, 1.82) is 0 Å². The number of terminal acetylenes is 1. The second kappa shape index (κ2) is 2.48. The van der Waals surface area contributed by atoms with Crippen molar-refractivity contribution < 1.29 is 4.55 Å². The molecule has 0 saturated carbocycles. The molecule has 0 aromatic carbocycles. The first-order valence-corrected chi connectivity index (χ1v) is 4.90. The minimum absolute atomic E-state index is 0.106. The third-order valence-electron chi connectivity index (χ3n) is 2.31. The van der Waals surface area contributed by atoms with Crippen LogP contribution in [0.2, 0.25) is 0 Å². The monoisotopic (exact) mass is 156 g/mol. The van der Waals surface area contributed by atoms with Crippen LogP contribution in [-0.2, 0) is 11.2 Å². The van der Waals surface area contributed by atoms with Gasteiger partial charge in [-0.05, 0) is 6.92 Å². The molecule has 1 saturated heterocycles. The molecule has 1 nitrogen and oxygen atoms in total. The second-order valence-electron chi connectivity index (χ2n) is 3.21. The van der Waals surface area contributed by atoms with Crippen molar-refractivity contribution >= 4 is 11.2 Å². The first kappa shape index (κ1) is 7.97. The Kier molecular flexibility index (Phi) is 1.98. The maximum absolute atomic E-state index is 11.0. The first-order valence-electron chi connectivity index (χ1n) is 3.41. The molecule has 1 aliphatic heterocycles. The van der Waals surface area contributed by atoms with E-state index in [0.29, 0.717) is 11.7 Å². The zero-order valence-electron chi connectivity index (χ0n) is 6.39. The molecule has 0 spiro atoms. The Morgan fingerprint density at radius 2 is 2.40 bits per heavy atom. The van der Waals surface area contributed by atoms with Crippen molar-refractivity contribution in [2.24, 2.45) is 11.3 Å². The van der Waals surface area contributed by atoms with E-state index < -0.39 is 11.2 Å². The maximum atomic E-state index is 11.0. The molecule has 10 heavy (non-hydrogen) atoms. The van der Waals surface area contributed by atoms with Gasteiger partial charge < -0.3 is 4.55 Å². The minimum Gasteiger partial charge on any atom is -0.616 e. The van der Waals surface area contributed by atoms with Gasteiger partial charge in [0.2, 0.25) is 0 Å². The van der Waals surface area contributed by atoms with Gasteiger partial charge in [0.25, 0.3) is 0 Å². The van der Waals surface area contributed by atoms with Gasteiger partial charge in [-0.2, -0.15) is 0 Å². The van der Waals surface area contributed by atoms with E-state index in [0.717, 1.165) is 5.75 Å². The Bertz CT molecular complexity index is 173. The molecule has 3 atom stereocenters. The lowest BCUT2D eigenvalue weighted by molar-refractivity contribution is 0.383. The standard InChI is InChI=1S/C8H12OS/c1-4-8(3)6-10(9)5-7(8)2/h1,7H,5-6H2,2-3H3. The molecule has 3 unspecified atom stereocenters. The first-order chi connectivity index (χ1) is 4.58. The third-order valence-corrected chi connectivity index (χ3v) is 4.11. The summed E-state index contributed by atoms with van der Waals surface area (Å²) < 4.78 is 11.0. The van der Waals surface area contributed by atoms with E-state index in [2.05, 4.69) is 12.8 Å². The molecule has 0 radical (unpaired) electrons. The number of hydrogen-bond acceptors (Lipinski definition) is 1. The summed E-state index contributed by atoms with van der Waals surface area (Å²) in [5.41, 5.74) is -0.106. The van der Waals surface area contributed by atoms with E-state index in [1.165, 1.54) is 0 Å². The number of hydrogen-bond donors (Lipinski definition) is 0. The second-order valence-corrected chi connectivity index (χ2v) is 4.72. The molecule has 0 N–H and O–H groups in total. The molecular weight excluding hydrogens is 144 g/mol. The van der Waals surface area contributed by atoms with Gasteiger partial charge in [0.15, 0.2) is 0 Å². The highest BCUT2D eigenvalue weighted by atomic mass is 32.2. The summed E-state index contributed by atoms with van der Waals surface area (Å²) in [6, 6.07) is 0. The molecule has 0 aliphatic carbocycles. The van der Waals surface area contributed by atoms with Gasteiger partial charge in [-0.3, -0.25) is 0 Å². The Balaban J connectivity index is 2.73. The van der Waals surface area contributed by atoms with E-state index in [9.17, 15) is 4.55 Å². The maximum Gasteiger partial charge on any atom is 0.122 e. The lowest BCUT2D eigenvalue weighted by Crippen LogP contribution is -2.21. The lowest BCUT2D eigenvalue weighted by Gasteiger charge is -2.16. The molecule has 0 amide bonds. The van der Waals surface area contributed by atoms with E-state index in [1.54, 1.807) is 0 Å². The summed E-state index contributed by atoms with van der Waals surface area (Å²) in [6.45, 7) is 4.09. The third kappa shape index (κ3) is 1.16. The molecular formula is C8H12OS. The van der Waals surface area contributed by atoms with Crippen LogP contribution in [0.5, 0.6) is 0 Å². The van der Waals surface area contributed by atoms with Crippen LogP contribution in [0.25, 0.3) is 0 Å². The number of rotatable bonds is 0. The van der Waals surface area contributed by atoms with Crippen LogP contribution in [0.15, 0.2) is 0 Å². The molecule has 0 aromatic heterocycles. The molecule has 0 aromatic rings. The van der Waals surface area contributed by atoms with E-state index in [4.69, 9.17) is 6.42 Å². The van der Waals surface area contributed by atoms with Crippen molar-refractivity contribution in [1.82, 2.24) is 0 Å². The largest absolute Gasteiger partial charge is 0.616 e. The Hall–Kier alpha value is -0.130. The van der Waals surface area contributed by atoms with Gasteiger partial charge in [-0.1, -0.05) is 24.0 Å². The minimum atomic E-state index is -0.665. The average Bonchev–Trinajstić information content (AvgIpc) is 2.09. The predicted molar refractivity (Wildman–Crippen MR) is 44.0 cm³/mol. The zero-order chi connectivity index (χ0) is 7.78. The van der Waals surface area contributed by atoms with Gasteiger partial charge in [-0.25, -0.2) is 0 Å². The molecule has 0 bridgehead atoms. The van der Waals surface area contributed by atoms with Gasteiger partial charge >= 0.3 is 0 Å². The molecule has 1 heterocycles. The van der Waals surface area contributed by atoms with Crippen LogP contribution >= 0.6 is 0 Å². The predicted octanol–water partition coefficient (Wildman–Crippen LogP) is 1.02. The van der Waals surface area contributed by atoms with Gasteiger partial charge in [0.05, 0.1) is 5.41 Å². The normalized spacial score (nSPS) is 47.0. The summed E-state index contributed by atoms with van der Waals surface area (Å²) in [7, 11) is 0. The fourth-order valence-electron chi connectivity index (χ4n) is 1.18. The van der Waals surface area contributed by atoms with E-state index >= 15 is 0 Å². The Morgan fingerprint density at radius 3 is 2.60 bits per heavy atom. The van der Waals surface area contributed by atoms with Crippen LogP contribution in [0.3, 0.4) is 0 Å². The van der Waals surface area contributed by atoms with Crippen LogP contribution in [0, 0.1) is 23.7 Å². The quantitative estimate of drug-likeness (QED) is 0.379. The fraction of sp³-hybridized carbons (Fsp3) is 0.750. The molecule has 1 fully saturated rings. The van der Waals surface area contributed by atoms with Crippen LogP contribution < -0.4 is 0 Å². The Labute approximate surface area is 65.4 Å². The summed E-state index contributed by atoms with van der Waals surface area (Å²) in [6.07, 6.45) is 5.34. The van der Waals surface area contributed by atoms with Crippen LogP contribution in [0.1, 0.15) is 13.8 Å². The lowest BCUT2D eigenvalue weighted by atomic mass is 9.82. The van der Waals surface area contributed by atoms with Crippen LogP contribution in [0.4, 0.5) is 0 Å². The molecule has 1 aliphatic rings. The van der Waals surface area contributed by atoms with E-state index in [1.807, 2.05) is 6.92 Å². The fourth-order valence-corrected chi connectivity index (χ4v) is 3.26.